The van der Waals surface area contributed by atoms with Crippen LogP contribution >= 0.6 is 24.0 Å². The van der Waals surface area contributed by atoms with E-state index in [9.17, 15) is 5.11 Å². The van der Waals surface area contributed by atoms with Crippen LogP contribution in [0.2, 0.25) is 0 Å². The third kappa shape index (κ3) is 7.03. The molecular weight excluding hydrogens is 429 g/mol. The van der Waals surface area contributed by atoms with Crippen molar-refractivity contribution in [3.63, 3.8) is 0 Å². The van der Waals surface area contributed by atoms with E-state index in [1.165, 1.54) is 5.56 Å². The van der Waals surface area contributed by atoms with Crippen LogP contribution in [0.4, 0.5) is 0 Å². The number of rotatable bonds is 7. The smallest absolute Gasteiger partial charge is 0.191 e. The van der Waals surface area contributed by atoms with E-state index in [-0.39, 0.29) is 24.0 Å². The molecule has 0 radical (unpaired) electrons. The zero-order valence-corrected chi connectivity index (χ0v) is 17.4. The maximum absolute atomic E-state index is 10.6. The van der Waals surface area contributed by atoms with Gasteiger partial charge in [0.05, 0.1) is 12.7 Å². The van der Waals surface area contributed by atoms with Crippen LogP contribution in [0.25, 0.3) is 0 Å². The average Bonchev–Trinajstić information content (AvgIpc) is 2.99. The molecule has 6 nitrogen and oxygen atoms in total. The lowest BCUT2D eigenvalue weighted by Gasteiger charge is -2.22. The minimum Gasteiger partial charge on any atom is -0.384 e. The molecule has 1 unspecified atom stereocenters. The number of hydrogen-bond acceptors (Lipinski definition) is 3. The minimum absolute atomic E-state index is 0. The lowest BCUT2D eigenvalue weighted by atomic mass is 9.96. The highest BCUT2D eigenvalue weighted by Crippen LogP contribution is 2.20. The summed E-state index contributed by atoms with van der Waals surface area (Å²) in [6.07, 6.45) is 4.74. The van der Waals surface area contributed by atoms with Crippen molar-refractivity contribution in [1.82, 2.24) is 20.4 Å². The Kier molecular flexibility index (Phi) is 8.91. The molecule has 2 aromatic rings. The number of nitrogens with one attached hydrogen (secondary N) is 2. The third-order valence-corrected chi connectivity index (χ3v) is 3.75. The second-order valence-electron chi connectivity index (χ2n) is 6.03. The number of aliphatic hydroxyl groups is 1. The fourth-order valence-electron chi connectivity index (χ4n) is 2.39. The van der Waals surface area contributed by atoms with E-state index in [0.29, 0.717) is 12.5 Å². The van der Waals surface area contributed by atoms with Crippen molar-refractivity contribution in [2.24, 2.45) is 12.0 Å². The molecule has 0 bridgehead atoms. The Bertz CT molecular complexity index is 654. The standard InChI is InChI=1S/C18H27N5O.HI/c1-4-19-17(20-11-10-15-12-22-23(3)13-15)21-14-18(2,24)16-8-6-5-7-9-16;/h5-9,12-13,24H,4,10-11,14H2,1-3H3,(H2,19,20,21);1H. The van der Waals surface area contributed by atoms with E-state index in [1.54, 1.807) is 11.6 Å². The summed E-state index contributed by atoms with van der Waals surface area (Å²) in [7, 11) is 1.91. The number of guanidine groups is 1. The summed E-state index contributed by atoms with van der Waals surface area (Å²) in [6.45, 7) is 5.62. The van der Waals surface area contributed by atoms with E-state index in [1.807, 2.05) is 56.7 Å². The Hall–Kier alpha value is -1.61. The maximum atomic E-state index is 10.6. The van der Waals surface area contributed by atoms with Crippen LogP contribution in [0.3, 0.4) is 0 Å². The van der Waals surface area contributed by atoms with Crippen molar-refractivity contribution >= 4 is 29.9 Å². The number of benzene rings is 1. The van der Waals surface area contributed by atoms with Crippen LogP contribution in [0.15, 0.2) is 47.7 Å². The zero-order valence-electron chi connectivity index (χ0n) is 15.1. The van der Waals surface area contributed by atoms with Crippen molar-refractivity contribution in [3.05, 3.63) is 53.9 Å². The number of nitrogens with zero attached hydrogens (tertiary/aromatic N) is 3. The SMILES string of the molecule is CCNC(=NCC(C)(O)c1ccccc1)NCCc1cnn(C)c1.I. The summed E-state index contributed by atoms with van der Waals surface area (Å²) in [4.78, 5) is 4.52. The molecule has 2 rings (SSSR count). The summed E-state index contributed by atoms with van der Waals surface area (Å²) in [5, 5.41) is 21.3. The summed E-state index contributed by atoms with van der Waals surface area (Å²) < 4.78 is 1.80. The van der Waals surface area contributed by atoms with Gasteiger partial charge >= 0.3 is 0 Å². The van der Waals surface area contributed by atoms with Gasteiger partial charge in [0.15, 0.2) is 5.96 Å². The molecule has 0 spiro atoms. The largest absolute Gasteiger partial charge is 0.384 e. The molecular formula is C18H28IN5O. The topological polar surface area (TPSA) is 74.5 Å². The number of aryl methyl sites for hydroxylation is 1. The Labute approximate surface area is 166 Å². The van der Waals surface area contributed by atoms with Gasteiger partial charge in [-0.2, -0.15) is 5.10 Å². The lowest BCUT2D eigenvalue weighted by Crippen LogP contribution is -2.39. The maximum Gasteiger partial charge on any atom is 0.191 e. The van der Waals surface area contributed by atoms with Gasteiger partial charge in [-0.3, -0.25) is 4.68 Å². The van der Waals surface area contributed by atoms with Crippen molar-refractivity contribution < 1.29 is 5.11 Å². The van der Waals surface area contributed by atoms with Gasteiger partial charge in [0.1, 0.15) is 5.60 Å². The molecule has 0 saturated carbocycles. The van der Waals surface area contributed by atoms with Crippen LogP contribution in [0.5, 0.6) is 0 Å². The Morgan fingerprint density at radius 1 is 1.28 bits per heavy atom. The van der Waals surface area contributed by atoms with Crippen LogP contribution in [0, 0.1) is 0 Å². The predicted molar refractivity (Wildman–Crippen MR) is 112 cm³/mol. The molecule has 138 valence electrons. The van der Waals surface area contributed by atoms with Crippen molar-refractivity contribution in [2.45, 2.75) is 25.9 Å². The van der Waals surface area contributed by atoms with Gasteiger partial charge in [-0.05, 0) is 31.4 Å². The second kappa shape index (κ2) is 10.4. The van der Waals surface area contributed by atoms with Gasteiger partial charge in [0.2, 0.25) is 0 Å². The quantitative estimate of drug-likeness (QED) is 0.338. The molecule has 0 fully saturated rings. The summed E-state index contributed by atoms with van der Waals surface area (Å²) in [5.74, 6) is 0.706. The van der Waals surface area contributed by atoms with E-state index in [0.717, 1.165) is 25.1 Å². The van der Waals surface area contributed by atoms with Gasteiger partial charge in [-0.25, -0.2) is 4.99 Å². The molecule has 0 amide bonds. The zero-order chi connectivity index (χ0) is 17.4. The van der Waals surface area contributed by atoms with Crippen LogP contribution < -0.4 is 10.6 Å². The summed E-state index contributed by atoms with van der Waals surface area (Å²) >= 11 is 0. The van der Waals surface area contributed by atoms with Crippen LogP contribution in [-0.2, 0) is 19.1 Å². The fourth-order valence-corrected chi connectivity index (χ4v) is 2.39. The monoisotopic (exact) mass is 457 g/mol. The summed E-state index contributed by atoms with van der Waals surface area (Å²) in [6, 6.07) is 9.61. The molecule has 0 aliphatic heterocycles. The van der Waals surface area contributed by atoms with E-state index in [4.69, 9.17) is 0 Å². The first-order chi connectivity index (χ1) is 11.5. The number of aromatic nitrogens is 2. The molecule has 0 aliphatic rings. The average molecular weight is 457 g/mol. The van der Waals surface area contributed by atoms with Crippen LogP contribution in [-0.4, -0.2) is 40.5 Å². The Balaban J connectivity index is 0.00000312. The molecule has 1 heterocycles. The third-order valence-electron chi connectivity index (χ3n) is 3.75. The summed E-state index contributed by atoms with van der Waals surface area (Å²) in [5.41, 5.74) is 1.05. The van der Waals surface area contributed by atoms with E-state index >= 15 is 0 Å². The number of hydrogen-bond donors (Lipinski definition) is 3. The fraction of sp³-hybridized carbons (Fsp3) is 0.444. The molecule has 1 atom stereocenters. The molecule has 7 heteroatoms. The molecule has 1 aromatic carbocycles. The highest BCUT2D eigenvalue weighted by molar-refractivity contribution is 14.0. The van der Waals surface area contributed by atoms with Crippen molar-refractivity contribution in [1.29, 1.82) is 0 Å². The van der Waals surface area contributed by atoms with Gasteiger partial charge in [-0.15, -0.1) is 24.0 Å². The van der Waals surface area contributed by atoms with Gasteiger partial charge < -0.3 is 15.7 Å². The highest BCUT2D eigenvalue weighted by Gasteiger charge is 2.22. The number of aliphatic imine (C=N–C) groups is 1. The molecule has 25 heavy (non-hydrogen) atoms. The highest BCUT2D eigenvalue weighted by atomic mass is 127. The first-order valence-corrected chi connectivity index (χ1v) is 8.29. The van der Waals surface area contributed by atoms with E-state index in [2.05, 4.69) is 20.7 Å². The predicted octanol–water partition coefficient (Wildman–Crippen LogP) is 2.04. The Morgan fingerprint density at radius 2 is 2.00 bits per heavy atom. The minimum atomic E-state index is -0.993. The molecule has 1 aromatic heterocycles. The van der Waals surface area contributed by atoms with Gasteiger partial charge in [0.25, 0.3) is 0 Å². The molecule has 0 saturated heterocycles. The Morgan fingerprint density at radius 3 is 2.60 bits per heavy atom. The normalized spacial score (nSPS) is 13.7. The first-order valence-electron chi connectivity index (χ1n) is 8.29. The molecule has 3 N–H and O–H groups in total. The first kappa shape index (κ1) is 21.4. The van der Waals surface area contributed by atoms with E-state index < -0.39 is 5.60 Å². The number of halogens is 1. The van der Waals surface area contributed by atoms with Gasteiger partial charge in [-0.1, -0.05) is 30.3 Å². The van der Waals surface area contributed by atoms with Gasteiger partial charge in [0, 0.05) is 26.3 Å². The second-order valence-corrected chi connectivity index (χ2v) is 6.03. The van der Waals surface area contributed by atoms with Crippen LogP contribution in [0.1, 0.15) is 25.0 Å². The lowest BCUT2D eigenvalue weighted by molar-refractivity contribution is 0.0672. The van der Waals surface area contributed by atoms with Crippen molar-refractivity contribution in [3.8, 4) is 0 Å². The molecule has 0 aliphatic carbocycles. The van der Waals surface area contributed by atoms with Crippen molar-refractivity contribution in [2.75, 3.05) is 19.6 Å².